The zero-order chi connectivity index (χ0) is 11.6. The zero-order valence-corrected chi connectivity index (χ0v) is 10.1. The Hall–Kier alpha value is -1.09. The van der Waals surface area contributed by atoms with E-state index in [0.717, 1.165) is 11.1 Å². The molecular formula is C12H17NOS. The maximum Gasteiger partial charge on any atom is 0.119 e. The Morgan fingerprint density at radius 1 is 1.40 bits per heavy atom. The van der Waals surface area contributed by atoms with Gasteiger partial charge >= 0.3 is 0 Å². The molecule has 3 heteroatoms. The molecule has 3 N–H and O–H groups in total. The number of benzene rings is 1. The van der Waals surface area contributed by atoms with Crippen LogP contribution in [-0.2, 0) is 0 Å². The lowest BCUT2D eigenvalue weighted by Crippen LogP contribution is -2.23. The predicted octanol–water partition coefficient (Wildman–Crippen LogP) is 2.73. The van der Waals surface area contributed by atoms with E-state index in [9.17, 15) is 5.11 Å². The molecule has 0 aliphatic heterocycles. The Bertz CT molecular complexity index is 356. The standard InChI is InChI=1S/C12H17NOS/c1-7-5-4-6-10(14)11(7)8(2)9(3)12(13)15/h4-6,8-9,14H,1-3H3,(H2,13,15). The fourth-order valence-corrected chi connectivity index (χ4v) is 1.96. The van der Waals surface area contributed by atoms with Crippen molar-refractivity contribution in [3.63, 3.8) is 0 Å². The van der Waals surface area contributed by atoms with Gasteiger partial charge in [-0.3, -0.25) is 0 Å². The van der Waals surface area contributed by atoms with Gasteiger partial charge in [0.2, 0.25) is 0 Å². The number of aryl methyl sites for hydroxylation is 1. The lowest BCUT2D eigenvalue weighted by atomic mass is 9.86. The number of phenolic OH excluding ortho intramolecular Hbond substituents is 1. The van der Waals surface area contributed by atoms with E-state index in [-0.39, 0.29) is 11.8 Å². The zero-order valence-electron chi connectivity index (χ0n) is 9.32. The molecule has 0 fully saturated rings. The van der Waals surface area contributed by atoms with E-state index >= 15 is 0 Å². The molecule has 0 bridgehead atoms. The monoisotopic (exact) mass is 223 g/mol. The molecule has 0 aliphatic carbocycles. The molecule has 82 valence electrons. The third-order valence-electron chi connectivity index (χ3n) is 2.96. The highest BCUT2D eigenvalue weighted by molar-refractivity contribution is 7.80. The molecule has 0 saturated carbocycles. The summed E-state index contributed by atoms with van der Waals surface area (Å²) in [5, 5.41) is 9.81. The minimum atomic E-state index is 0.0898. The van der Waals surface area contributed by atoms with Crippen molar-refractivity contribution in [3.8, 4) is 5.75 Å². The largest absolute Gasteiger partial charge is 0.508 e. The molecule has 2 atom stereocenters. The van der Waals surface area contributed by atoms with Crippen LogP contribution in [0.4, 0.5) is 0 Å². The summed E-state index contributed by atoms with van der Waals surface area (Å²) in [5.74, 6) is 0.557. The molecule has 0 heterocycles. The Morgan fingerprint density at radius 3 is 2.47 bits per heavy atom. The van der Waals surface area contributed by atoms with Crippen molar-refractivity contribution < 1.29 is 5.11 Å². The maximum absolute atomic E-state index is 9.81. The minimum Gasteiger partial charge on any atom is -0.508 e. The van der Waals surface area contributed by atoms with Gasteiger partial charge in [-0.15, -0.1) is 0 Å². The summed E-state index contributed by atoms with van der Waals surface area (Å²) >= 11 is 4.98. The third kappa shape index (κ3) is 2.48. The van der Waals surface area contributed by atoms with Gasteiger partial charge in [0, 0.05) is 11.5 Å². The van der Waals surface area contributed by atoms with E-state index < -0.39 is 0 Å². The van der Waals surface area contributed by atoms with Gasteiger partial charge in [0.05, 0.1) is 4.99 Å². The Balaban J connectivity index is 3.10. The van der Waals surface area contributed by atoms with E-state index in [2.05, 4.69) is 0 Å². The van der Waals surface area contributed by atoms with Crippen molar-refractivity contribution in [1.82, 2.24) is 0 Å². The summed E-state index contributed by atoms with van der Waals surface area (Å²) < 4.78 is 0. The Morgan fingerprint density at radius 2 is 2.00 bits per heavy atom. The third-order valence-corrected chi connectivity index (χ3v) is 3.33. The van der Waals surface area contributed by atoms with Crippen LogP contribution in [0.1, 0.15) is 30.9 Å². The van der Waals surface area contributed by atoms with Crippen LogP contribution in [0.5, 0.6) is 5.75 Å². The molecule has 0 aliphatic rings. The van der Waals surface area contributed by atoms with Gasteiger partial charge in [-0.05, 0) is 24.5 Å². The van der Waals surface area contributed by atoms with Crippen molar-refractivity contribution in [3.05, 3.63) is 29.3 Å². The number of aromatic hydroxyl groups is 1. The molecular weight excluding hydrogens is 206 g/mol. The molecule has 1 aromatic carbocycles. The first-order valence-corrected chi connectivity index (χ1v) is 5.43. The SMILES string of the molecule is Cc1cccc(O)c1C(C)C(C)C(N)=S. The summed E-state index contributed by atoms with van der Waals surface area (Å²) in [4.78, 5) is 0.491. The van der Waals surface area contributed by atoms with Gasteiger partial charge < -0.3 is 10.8 Å². The summed E-state index contributed by atoms with van der Waals surface area (Å²) in [7, 11) is 0. The molecule has 2 nitrogen and oxygen atoms in total. The number of phenols is 1. The van der Waals surface area contributed by atoms with E-state index in [0.29, 0.717) is 10.7 Å². The first-order chi connectivity index (χ1) is 6.95. The number of thiocarbonyl (C=S) groups is 1. The van der Waals surface area contributed by atoms with Crippen LogP contribution < -0.4 is 5.73 Å². The smallest absolute Gasteiger partial charge is 0.119 e. The van der Waals surface area contributed by atoms with Gasteiger partial charge in [-0.2, -0.15) is 0 Å². The van der Waals surface area contributed by atoms with E-state index in [4.69, 9.17) is 18.0 Å². The van der Waals surface area contributed by atoms with Crippen molar-refractivity contribution in [1.29, 1.82) is 0 Å². The highest BCUT2D eigenvalue weighted by Crippen LogP contribution is 2.33. The van der Waals surface area contributed by atoms with Crippen molar-refractivity contribution in [2.45, 2.75) is 26.7 Å². The highest BCUT2D eigenvalue weighted by atomic mass is 32.1. The maximum atomic E-state index is 9.81. The van der Waals surface area contributed by atoms with E-state index in [1.807, 2.05) is 32.9 Å². The second-order valence-electron chi connectivity index (χ2n) is 3.99. The first-order valence-electron chi connectivity index (χ1n) is 5.03. The van der Waals surface area contributed by atoms with Crippen LogP contribution in [0.3, 0.4) is 0 Å². The summed E-state index contributed by atoms with van der Waals surface area (Å²) in [6.45, 7) is 6.00. The molecule has 0 radical (unpaired) electrons. The molecule has 0 amide bonds. The fourth-order valence-electron chi connectivity index (χ4n) is 1.75. The second-order valence-corrected chi connectivity index (χ2v) is 4.46. The molecule has 1 aromatic rings. The molecule has 0 spiro atoms. The van der Waals surface area contributed by atoms with Crippen molar-refractivity contribution in [2.75, 3.05) is 0 Å². The minimum absolute atomic E-state index is 0.0898. The van der Waals surface area contributed by atoms with Crippen molar-refractivity contribution >= 4 is 17.2 Å². The van der Waals surface area contributed by atoms with Crippen LogP contribution in [0.2, 0.25) is 0 Å². The van der Waals surface area contributed by atoms with Crippen LogP contribution in [0, 0.1) is 12.8 Å². The number of hydrogen-bond donors (Lipinski definition) is 2. The highest BCUT2D eigenvalue weighted by Gasteiger charge is 2.20. The van der Waals surface area contributed by atoms with Crippen LogP contribution in [0.25, 0.3) is 0 Å². The number of hydrogen-bond acceptors (Lipinski definition) is 2. The van der Waals surface area contributed by atoms with Crippen molar-refractivity contribution in [2.24, 2.45) is 11.7 Å². The summed E-state index contributed by atoms with van der Waals surface area (Å²) in [6.07, 6.45) is 0. The Labute approximate surface area is 96.1 Å². The predicted molar refractivity (Wildman–Crippen MR) is 67.2 cm³/mol. The van der Waals surface area contributed by atoms with Gasteiger partial charge in [-0.25, -0.2) is 0 Å². The van der Waals surface area contributed by atoms with Crippen LogP contribution in [0.15, 0.2) is 18.2 Å². The average molecular weight is 223 g/mol. The molecule has 1 rings (SSSR count). The molecule has 15 heavy (non-hydrogen) atoms. The average Bonchev–Trinajstić information content (AvgIpc) is 2.15. The van der Waals surface area contributed by atoms with Gasteiger partial charge in [0.15, 0.2) is 0 Å². The molecule has 0 saturated heterocycles. The summed E-state index contributed by atoms with van der Waals surface area (Å²) in [5.41, 5.74) is 7.64. The summed E-state index contributed by atoms with van der Waals surface area (Å²) in [6, 6.07) is 5.52. The molecule has 2 unspecified atom stereocenters. The Kier molecular flexibility index (Phi) is 3.69. The number of rotatable bonds is 3. The lowest BCUT2D eigenvalue weighted by molar-refractivity contribution is 0.455. The van der Waals surface area contributed by atoms with Gasteiger partial charge in [-0.1, -0.05) is 38.2 Å². The fraction of sp³-hybridized carbons (Fsp3) is 0.417. The van der Waals surface area contributed by atoms with Gasteiger partial charge in [0.25, 0.3) is 0 Å². The lowest BCUT2D eigenvalue weighted by Gasteiger charge is -2.21. The first kappa shape index (κ1) is 12.0. The van der Waals surface area contributed by atoms with Crippen LogP contribution in [-0.4, -0.2) is 10.1 Å². The second kappa shape index (κ2) is 4.62. The van der Waals surface area contributed by atoms with E-state index in [1.54, 1.807) is 6.07 Å². The molecule has 0 aromatic heterocycles. The quantitative estimate of drug-likeness (QED) is 0.774. The number of nitrogens with two attached hydrogens (primary N) is 1. The van der Waals surface area contributed by atoms with E-state index in [1.165, 1.54) is 0 Å². The normalized spacial score (nSPS) is 14.6. The van der Waals surface area contributed by atoms with Gasteiger partial charge in [0.1, 0.15) is 5.75 Å². The van der Waals surface area contributed by atoms with Crippen LogP contribution >= 0.6 is 12.2 Å². The topological polar surface area (TPSA) is 46.2 Å².